The van der Waals surface area contributed by atoms with Crippen LogP contribution in [0, 0.1) is 43.3 Å². The monoisotopic (exact) mass is 1340 g/mol. The first-order chi connectivity index (χ1) is 45.1. The average Bonchev–Trinajstić information content (AvgIpc) is 0.792. The summed E-state index contributed by atoms with van der Waals surface area (Å²) in [4.78, 5) is 27.0. The molecule has 32 nitrogen and oxygen atoms in total. The second kappa shape index (κ2) is 42.8. The summed E-state index contributed by atoms with van der Waals surface area (Å²) in [5, 5.41) is 78.3. The number of benzene rings is 4. The Labute approximate surface area is 554 Å². The van der Waals surface area contributed by atoms with E-state index in [9.17, 15) is 9.59 Å². The van der Waals surface area contributed by atoms with Crippen LogP contribution in [0.5, 0.6) is 46.0 Å². The Hall–Kier alpha value is -10.1. The Balaban J connectivity index is 1.53. The lowest BCUT2D eigenvalue weighted by atomic mass is 9.99. The van der Waals surface area contributed by atoms with E-state index in [-0.39, 0.29) is 190 Å². The molecule has 0 saturated carbocycles. The van der Waals surface area contributed by atoms with Crippen LogP contribution in [0.2, 0.25) is 0 Å². The molecule has 0 aliphatic heterocycles. The van der Waals surface area contributed by atoms with Gasteiger partial charge < -0.3 is 116 Å². The fourth-order valence-electron chi connectivity index (χ4n) is 8.51. The van der Waals surface area contributed by atoms with Gasteiger partial charge in [0.15, 0.2) is 69.8 Å². The van der Waals surface area contributed by atoms with Gasteiger partial charge >= 0.3 is 0 Å². The molecular formula is C60H92N22O10S2. The van der Waals surface area contributed by atoms with Gasteiger partial charge in [0.1, 0.15) is 26.4 Å². The van der Waals surface area contributed by atoms with Crippen LogP contribution < -0.4 is 116 Å². The van der Waals surface area contributed by atoms with Crippen LogP contribution in [0.4, 0.5) is 0 Å². The van der Waals surface area contributed by atoms with E-state index in [1.807, 2.05) is 24.3 Å². The van der Waals surface area contributed by atoms with Crippen molar-refractivity contribution in [1.29, 1.82) is 43.3 Å². The number of amidine groups is 4. The number of ether oxygens (including phenoxy) is 8. The van der Waals surface area contributed by atoms with Crippen molar-refractivity contribution >= 4 is 80.6 Å². The Bertz CT molecular complexity index is 2990. The van der Waals surface area contributed by atoms with Crippen molar-refractivity contribution in [1.82, 2.24) is 31.9 Å². The molecule has 0 radical (unpaired) electrons. The maximum atomic E-state index is 13.5. The molecule has 0 atom stereocenters. The molecule has 0 unspecified atom stereocenters. The molecule has 34 heteroatoms. The molecule has 514 valence electrons. The van der Waals surface area contributed by atoms with E-state index >= 15 is 0 Å². The molecule has 4 aromatic rings. The minimum atomic E-state index is -0.246. The number of guanidine groups is 4. The van der Waals surface area contributed by atoms with Crippen molar-refractivity contribution in [3.8, 4) is 68.2 Å². The standard InChI is InChI=1S/C60H92N22O10S2/c61-47(62)11-3-21-85-45-33-37(31-41(55(45)91-27-19-79-59(73)74)39-7-1-9-43(87-25-17-77-57(69)70)53(39)89-23-5-13-49(65)66)35-81-51(83)15-29-93-94-30-16-52(84)82-36-38-32-42(56(92-28-20-80-60(75)76)46(34-38)86-22-4-12-48(63)64)40-8-2-10-44(88-26-18-78-58(71)72)54(40)90-24-6-14-50(67)68/h1-2,7-10,31-34H,3-6,11-30,35-36H2,(H3,61,62)(H3,63,64)(H3,65,66)(H3,67,68)(H,81,83)(H,82,84)(H4,69,70,77)(H4,71,72,78)(H4,73,74,79)(H4,75,76,80). The SMILES string of the molecule is N=C(N)CCCOc1cc(CNC(=O)CCSSCCC(=O)NCc2cc(OCCCC(=N)N)c(OCCNC(=N)N)c(-c3cccc(OCCNC(=N)N)c3OCCCC(=N)N)c2)cc(-c2cccc(OCCNC(=N)N)c2OCCCC(=N)N)c1OCCNC(=N)N. The van der Waals surface area contributed by atoms with Crippen LogP contribution in [-0.2, 0) is 22.7 Å². The molecule has 0 saturated heterocycles. The van der Waals surface area contributed by atoms with Crippen molar-refractivity contribution in [3.63, 3.8) is 0 Å². The van der Waals surface area contributed by atoms with E-state index in [0.717, 1.165) is 0 Å². The minimum Gasteiger partial charge on any atom is -0.490 e. The summed E-state index contributed by atoms with van der Waals surface area (Å²) in [6.45, 7) is 1.90. The third-order valence-corrected chi connectivity index (χ3v) is 15.1. The molecule has 0 spiro atoms. The number of rotatable bonds is 49. The number of hydrogen-bond acceptors (Lipinski definition) is 20. The molecule has 4 rings (SSSR count). The van der Waals surface area contributed by atoms with E-state index < -0.39 is 0 Å². The van der Waals surface area contributed by atoms with E-state index in [1.54, 1.807) is 36.4 Å². The minimum absolute atomic E-state index is 0.00248. The smallest absolute Gasteiger partial charge is 0.221 e. The van der Waals surface area contributed by atoms with Crippen molar-refractivity contribution in [2.75, 3.05) is 90.5 Å². The van der Waals surface area contributed by atoms with Gasteiger partial charge in [-0.1, -0.05) is 45.9 Å². The van der Waals surface area contributed by atoms with Crippen LogP contribution in [-0.4, -0.2) is 150 Å². The second-order valence-corrected chi connectivity index (χ2v) is 23.3. The van der Waals surface area contributed by atoms with Crippen LogP contribution in [0.1, 0.15) is 75.3 Å². The number of nitrogens with one attached hydrogen (secondary N) is 14. The van der Waals surface area contributed by atoms with Crippen molar-refractivity contribution in [2.45, 2.75) is 77.3 Å². The van der Waals surface area contributed by atoms with Crippen LogP contribution in [0.15, 0.2) is 60.7 Å². The van der Waals surface area contributed by atoms with Gasteiger partial charge in [-0.05, 0) is 73.2 Å². The van der Waals surface area contributed by atoms with Crippen LogP contribution >= 0.6 is 21.6 Å². The molecule has 0 aliphatic rings. The summed E-state index contributed by atoms with van der Waals surface area (Å²) in [7, 11) is 2.89. The fraction of sp³-hybridized carbons (Fsp3) is 0.433. The summed E-state index contributed by atoms with van der Waals surface area (Å²) in [6.07, 6.45) is 3.12. The maximum Gasteiger partial charge on any atom is 0.221 e. The number of amides is 2. The first kappa shape index (κ1) is 76.3. The largest absolute Gasteiger partial charge is 0.490 e. The topological polar surface area (TPSA) is 579 Å². The van der Waals surface area contributed by atoms with Gasteiger partial charge in [-0.3, -0.25) is 52.9 Å². The van der Waals surface area contributed by atoms with E-state index in [4.69, 9.17) is 127 Å². The molecule has 4 aromatic carbocycles. The summed E-state index contributed by atoms with van der Waals surface area (Å²) in [5.74, 6) is 2.05. The van der Waals surface area contributed by atoms with Crippen LogP contribution in [0.3, 0.4) is 0 Å². The fourth-order valence-corrected chi connectivity index (χ4v) is 10.5. The predicted octanol–water partition coefficient (Wildman–Crippen LogP) is 2.94. The maximum absolute atomic E-state index is 13.5. The predicted molar refractivity (Wildman–Crippen MR) is 370 cm³/mol. The lowest BCUT2D eigenvalue weighted by Crippen LogP contribution is -2.33. The first-order valence-corrected chi connectivity index (χ1v) is 32.6. The lowest BCUT2D eigenvalue weighted by molar-refractivity contribution is -0.121. The number of para-hydroxylation sites is 2. The highest BCUT2D eigenvalue weighted by molar-refractivity contribution is 8.76. The highest BCUT2D eigenvalue weighted by Gasteiger charge is 2.25. The Morgan fingerprint density at radius 2 is 0.628 bits per heavy atom. The zero-order chi connectivity index (χ0) is 68.6. The van der Waals surface area contributed by atoms with Gasteiger partial charge in [0.05, 0.1) is 75.9 Å². The molecule has 0 heterocycles. The number of carbonyl (C=O) groups is 2. The van der Waals surface area contributed by atoms with Gasteiger partial charge in [-0.25, -0.2) is 0 Å². The normalized spacial score (nSPS) is 10.6. The summed E-state index contributed by atoms with van der Waals surface area (Å²) in [5.41, 5.74) is 48.1. The molecule has 2 amide bonds. The number of hydrogen-bond donors (Lipinski definition) is 22. The van der Waals surface area contributed by atoms with Gasteiger partial charge in [0, 0.05) is 85.4 Å². The summed E-state index contributed by atoms with van der Waals surface area (Å²) in [6, 6.07) is 17.8. The van der Waals surface area contributed by atoms with Crippen molar-refractivity contribution in [3.05, 3.63) is 71.8 Å². The van der Waals surface area contributed by atoms with Crippen molar-refractivity contribution < 1.29 is 47.5 Å². The van der Waals surface area contributed by atoms with Gasteiger partial charge in [0.2, 0.25) is 11.8 Å². The van der Waals surface area contributed by atoms with Gasteiger partial charge in [0.25, 0.3) is 0 Å². The highest BCUT2D eigenvalue weighted by atomic mass is 33.1. The molecule has 0 aliphatic carbocycles. The third-order valence-electron chi connectivity index (χ3n) is 12.7. The van der Waals surface area contributed by atoms with E-state index in [1.165, 1.54) is 21.6 Å². The quantitative estimate of drug-likeness (QED) is 0.0131. The zero-order valence-corrected chi connectivity index (χ0v) is 54.3. The van der Waals surface area contributed by atoms with Gasteiger partial charge in [-0.15, -0.1) is 0 Å². The molecule has 94 heavy (non-hydrogen) atoms. The molecule has 0 bridgehead atoms. The molecule has 0 fully saturated rings. The second-order valence-electron chi connectivity index (χ2n) is 20.6. The van der Waals surface area contributed by atoms with E-state index in [0.29, 0.717) is 117 Å². The highest BCUT2D eigenvalue weighted by Crippen LogP contribution is 2.48. The Morgan fingerprint density at radius 3 is 0.947 bits per heavy atom. The zero-order valence-electron chi connectivity index (χ0n) is 52.7. The Morgan fingerprint density at radius 1 is 0.340 bits per heavy atom. The summed E-state index contributed by atoms with van der Waals surface area (Å²) < 4.78 is 50.5. The summed E-state index contributed by atoms with van der Waals surface area (Å²) >= 11 is 0. The van der Waals surface area contributed by atoms with E-state index in [2.05, 4.69) is 31.9 Å². The van der Waals surface area contributed by atoms with Crippen molar-refractivity contribution in [2.24, 2.45) is 45.9 Å². The third kappa shape index (κ3) is 30.3. The number of nitrogens with two attached hydrogens (primary N) is 8. The molecule has 30 N–H and O–H groups in total. The molecule has 0 aromatic heterocycles. The van der Waals surface area contributed by atoms with Crippen LogP contribution in [0.25, 0.3) is 22.3 Å². The number of carbonyl (C=O) groups excluding carboxylic acids is 2. The lowest BCUT2D eigenvalue weighted by Gasteiger charge is -2.22. The van der Waals surface area contributed by atoms with Gasteiger partial charge in [-0.2, -0.15) is 0 Å². The molecular weight excluding hydrogens is 1250 g/mol. The average molecular weight is 1350 g/mol. The Kier molecular flexibility index (Phi) is 34.8. The first-order valence-electron chi connectivity index (χ1n) is 30.2.